The van der Waals surface area contributed by atoms with Crippen molar-refractivity contribution in [2.75, 3.05) is 18.4 Å². The van der Waals surface area contributed by atoms with Gasteiger partial charge in [0, 0.05) is 42.9 Å². The van der Waals surface area contributed by atoms with E-state index >= 15 is 0 Å². The zero-order valence-corrected chi connectivity index (χ0v) is 19.4. The van der Waals surface area contributed by atoms with E-state index in [-0.39, 0.29) is 11.9 Å². The maximum Gasteiger partial charge on any atom is 0.151 e. The summed E-state index contributed by atoms with van der Waals surface area (Å²) in [5, 5.41) is 3.29. The average Bonchev–Trinajstić information content (AvgIpc) is 3.15. The Hall–Kier alpha value is -3.39. The molecule has 0 bridgehead atoms. The fourth-order valence-corrected chi connectivity index (χ4v) is 4.60. The second kappa shape index (κ2) is 8.51. The van der Waals surface area contributed by atoms with Crippen LogP contribution in [0.4, 0.5) is 16.0 Å². The summed E-state index contributed by atoms with van der Waals surface area (Å²) in [6.45, 7) is 11.2. The molecule has 8 heteroatoms. The van der Waals surface area contributed by atoms with Gasteiger partial charge in [-0.1, -0.05) is 13.0 Å². The molecule has 5 rings (SSSR count). The molecular weight excluding hydrogens is 417 g/mol. The van der Waals surface area contributed by atoms with Crippen molar-refractivity contribution in [1.82, 2.24) is 29.4 Å². The fourth-order valence-electron chi connectivity index (χ4n) is 4.60. The van der Waals surface area contributed by atoms with Gasteiger partial charge >= 0.3 is 0 Å². The number of aromatic nitrogens is 5. The predicted octanol–water partition coefficient (Wildman–Crippen LogP) is 5.04. The van der Waals surface area contributed by atoms with E-state index in [9.17, 15) is 4.39 Å². The van der Waals surface area contributed by atoms with E-state index in [4.69, 9.17) is 4.98 Å². The molecule has 3 aromatic heterocycles. The number of imidazole rings is 1. The summed E-state index contributed by atoms with van der Waals surface area (Å²) >= 11 is 0. The summed E-state index contributed by atoms with van der Waals surface area (Å²) in [5.74, 6) is 1.81. The predicted molar refractivity (Wildman–Crippen MR) is 128 cm³/mol. The lowest BCUT2D eigenvalue weighted by Gasteiger charge is -2.27. The van der Waals surface area contributed by atoms with Crippen LogP contribution in [0.25, 0.3) is 22.3 Å². The van der Waals surface area contributed by atoms with Crippen molar-refractivity contribution in [3.8, 4) is 11.3 Å². The van der Waals surface area contributed by atoms with Crippen molar-refractivity contribution in [1.29, 1.82) is 0 Å². The van der Waals surface area contributed by atoms with Crippen molar-refractivity contribution < 1.29 is 4.39 Å². The van der Waals surface area contributed by atoms with E-state index in [1.807, 2.05) is 29.7 Å². The van der Waals surface area contributed by atoms with Crippen molar-refractivity contribution in [3.05, 3.63) is 59.6 Å². The van der Waals surface area contributed by atoms with Crippen LogP contribution >= 0.6 is 0 Å². The second-order valence-corrected chi connectivity index (χ2v) is 8.78. The van der Waals surface area contributed by atoms with Crippen molar-refractivity contribution in [2.45, 2.75) is 46.7 Å². The monoisotopic (exact) mass is 445 g/mol. The lowest BCUT2D eigenvalue weighted by atomic mass is 10.1. The Bertz CT molecular complexity index is 1330. The molecule has 170 valence electrons. The third kappa shape index (κ3) is 4.06. The SMILES string of the molecule is CCN1CCc2nc(Nc3cc(-c4cc(F)c5nc(C)n(C(C)C)c5c4)ncn3)ccc2C1. The molecular formula is C25H28FN7. The first kappa shape index (κ1) is 21.5. The molecule has 0 atom stereocenters. The molecule has 4 heterocycles. The third-order valence-corrected chi connectivity index (χ3v) is 6.23. The lowest BCUT2D eigenvalue weighted by Crippen LogP contribution is -2.30. The van der Waals surface area contributed by atoms with Gasteiger partial charge in [-0.3, -0.25) is 4.90 Å². The maximum absolute atomic E-state index is 14.9. The van der Waals surface area contributed by atoms with Gasteiger partial charge in [0.15, 0.2) is 5.82 Å². The molecule has 0 aliphatic carbocycles. The minimum atomic E-state index is -0.351. The largest absolute Gasteiger partial charge is 0.326 e. The Morgan fingerprint density at radius 2 is 1.94 bits per heavy atom. The van der Waals surface area contributed by atoms with Crippen LogP contribution in [-0.2, 0) is 13.0 Å². The maximum atomic E-state index is 14.9. The van der Waals surface area contributed by atoms with Crippen LogP contribution in [0.1, 0.15) is 43.9 Å². The summed E-state index contributed by atoms with van der Waals surface area (Å²) in [6, 6.07) is 9.54. The summed E-state index contributed by atoms with van der Waals surface area (Å²) in [5.41, 5.74) is 4.88. The zero-order valence-electron chi connectivity index (χ0n) is 19.4. The highest BCUT2D eigenvalue weighted by atomic mass is 19.1. The van der Waals surface area contributed by atoms with E-state index in [0.29, 0.717) is 22.6 Å². The zero-order chi connectivity index (χ0) is 23.1. The highest BCUT2D eigenvalue weighted by molar-refractivity contribution is 5.83. The van der Waals surface area contributed by atoms with Crippen LogP contribution in [0.15, 0.2) is 36.7 Å². The molecule has 0 fully saturated rings. The Balaban J connectivity index is 1.45. The lowest BCUT2D eigenvalue weighted by molar-refractivity contribution is 0.266. The normalized spacial score (nSPS) is 14.1. The third-order valence-electron chi connectivity index (χ3n) is 6.23. The van der Waals surface area contributed by atoms with E-state index in [1.54, 1.807) is 0 Å². The van der Waals surface area contributed by atoms with E-state index in [1.165, 1.54) is 18.0 Å². The summed E-state index contributed by atoms with van der Waals surface area (Å²) < 4.78 is 16.9. The summed E-state index contributed by atoms with van der Waals surface area (Å²) in [7, 11) is 0. The van der Waals surface area contributed by atoms with Crippen molar-refractivity contribution in [2.24, 2.45) is 0 Å². The number of anilines is 2. The smallest absolute Gasteiger partial charge is 0.151 e. The van der Waals surface area contributed by atoms with Gasteiger partial charge in [-0.15, -0.1) is 0 Å². The number of nitrogens with one attached hydrogen (secondary N) is 1. The van der Waals surface area contributed by atoms with Crippen molar-refractivity contribution in [3.63, 3.8) is 0 Å². The highest BCUT2D eigenvalue weighted by Crippen LogP contribution is 2.30. The molecule has 1 aromatic carbocycles. The van der Waals surface area contributed by atoms with Crippen molar-refractivity contribution >= 4 is 22.7 Å². The quantitative estimate of drug-likeness (QED) is 0.464. The van der Waals surface area contributed by atoms with Gasteiger partial charge < -0.3 is 9.88 Å². The number of rotatable bonds is 5. The van der Waals surface area contributed by atoms with Gasteiger partial charge in [0.25, 0.3) is 0 Å². The average molecular weight is 446 g/mol. The second-order valence-electron chi connectivity index (χ2n) is 8.78. The van der Waals surface area contributed by atoms with E-state index in [0.717, 1.165) is 48.9 Å². The molecule has 33 heavy (non-hydrogen) atoms. The Morgan fingerprint density at radius 3 is 2.73 bits per heavy atom. The molecule has 0 unspecified atom stereocenters. The van der Waals surface area contributed by atoms with E-state index < -0.39 is 0 Å². The van der Waals surface area contributed by atoms with Gasteiger partial charge in [-0.2, -0.15) is 0 Å². The van der Waals surface area contributed by atoms with E-state index in [2.05, 4.69) is 52.0 Å². The standard InChI is InChI=1S/C25H28FN7/c1-5-32-9-8-20-17(13-32)6-7-23(30-20)31-24-12-21(27-14-28-24)18-10-19(26)25-22(11-18)33(15(2)3)16(4)29-25/h6-7,10-12,14-15H,5,8-9,13H2,1-4H3,(H,27,28,30,31). The van der Waals surface area contributed by atoms with Gasteiger partial charge in [-0.25, -0.2) is 24.3 Å². The number of halogens is 1. The van der Waals surface area contributed by atoms with Crippen LogP contribution in [0.3, 0.4) is 0 Å². The van der Waals surface area contributed by atoms with Gasteiger partial charge in [0.1, 0.15) is 29.3 Å². The number of benzene rings is 1. The summed E-state index contributed by atoms with van der Waals surface area (Å²) in [6.07, 6.45) is 2.43. The fraction of sp³-hybridized carbons (Fsp3) is 0.360. The Labute approximate surface area is 192 Å². The molecule has 0 amide bonds. The molecule has 0 saturated heterocycles. The molecule has 1 aliphatic rings. The summed E-state index contributed by atoms with van der Waals surface area (Å²) in [4.78, 5) is 20.4. The number of likely N-dealkylation sites (N-methyl/N-ethyl adjacent to an activating group) is 1. The topological polar surface area (TPSA) is 71.8 Å². The van der Waals surface area contributed by atoms with Crippen LogP contribution in [0.2, 0.25) is 0 Å². The van der Waals surface area contributed by atoms with Crippen LogP contribution in [0, 0.1) is 12.7 Å². The number of fused-ring (bicyclic) bond motifs is 2. The molecule has 1 N–H and O–H groups in total. The van der Waals surface area contributed by atoms with Gasteiger partial charge in [-0.05, 0) is 51.1 Å². The molecule has 7 nitrogen and oxygen atoms in total. The number of aryl methyl sites for hydroxylation is 1. The first-order valence-electron chi connectivity index (χ1n) is 11.4. The first-order chi connectivity index (χ1) is 15.9. The molecule has 1 aliphatic heterocycles. The minimum absolute atomic E-state index is 0.173. The van der Waals surface area contributed by atoms with Crippen LogP contribution in [0.5, 0.6) is 0 Å². The highest BCUT2D eigenvalue weighted by Gasteiger charge is 2.18. The number of pyridine rings is 1. The Kier molecular flexibility index (Phi) is 5.54. The number of hydrogen-bond donors (Lipinski definition) is 1. The number of hydrogen-bond acceptors (Lipinski definition) is 6. The molecule has 0 saturated carbocycles. The van der Waals surface area contributed by atoms with Gasteiger partial charge in [0.2, 0.25) is 0 Å². The molecule has 4 aromatic rings. The van der Waals surface area contributed by atoms with Crippen LogP contribution < -0.4 is 5.32 Å². The van der Waals surface area contributed by atoms with Gasteiger partial charge in [0.05, 0.1) is 11.2 Å². The minimum Gasteiger partial charge on any atom is -0.326 e. The van der Waals surface area contributed by atoms with Crippen LogP contribution in [-0.4, -0.2) is 42.5 Å². The number of nitrogens with zero attached hydrogens (tertiary/aromatic N) is 6. The Morgan fingerprint density at radius 1 is 1.09 bits per heavy atom. The first-order valence-corrected chi connectivity index (χ1v) is 11.4. The molecule has 0 spiro atoms. The molecule has 0 radical (unpaired) electrons.